The Kier molecular flexibility index (Phi) is 3.53. The molecular formula is C17H13FN4O2. The third-order valence-electron chi connectivity index (χ3n) is 3.69. The van der Waals surface area contributed by atoms with Crippen LogP contribution in [0.3, 0.4) is 0 Å². The number of aromatic nitrogens is 2. The molecule has 1 N–H and O–H groups in total. The van der Waals surface area contributed by atoms with Gasteiger partial charge in [0.05, 0.1) is 5.52 Å². The monoisotopic (exact) mass is 324 g/mol. The maximum atomic E-state index is 13.5. The normalized spacial score (nSPS) is 14.4. The second-order valence-corrected chi connectivity index (χ2v) is 5.61. The highest BCUT2D eigenvalue weighted by atomic mass is 19.1. The second-order valence-electron chi connectivity index (χ2n) is 5.61. The van der Waals surface area contributed by atoms with E-state index in [4.69, 9.17) is 4.42 Å². The number of nitrogens with zero attached hydrogens (tertiary/aromatic N) is 3. The van der Waals surface area contributed by atoms with Crippen LogP contribution in [-0.2, 0) is 0 Å². The zero-order valence-electron chi connectivity index (χ0n) is 12.6. The van der Waals surface area contributed by atoms with E-state index in [0.717, 1.165) is 18.2 Å². The summed E-state index contributed by atoms with van der Waals surface area (Å²) in [4.78, 5) is 19.2. The van der Waals surface area contributed by atoms with Crippen molar-refractivity contribution in [3.05, 3.63) is 52.6 Å². The average Bonchev–Trinajstić information content (AvgIpc) is 3.27. The summed E-state index contributed by atoms with van der Waals surface area (Å²) >= 11 is 0. The molecule has 0 unspecified atom stereocenters. The van der Waals surface area contributed by atoms with Crippen LogP contribution >= 0.6 is 0 Å². The van der Waals surface area contributed by atoms with Crippen molar-refractivity contribution < 1.29 is 8.81 Å². The van der Waals surface area contributed by atoms with Gasteiger partial charge in [-0.05, 0) is 43.2 Å². The molecule has 2 heterocycles. The first-order valence-corrected chi connectivity index (χ1v) is 7.56. The van der Waals surface area contributed by atoms with Gasteiger partial charge in [0.15, 0.2) is 5.82 Å². The van der Waals surface area contributed by atoms with E-state index in [0.29, 0.717) is 29.0 Å². The highest BCUT2D eigenvalue weighted by Gasteiger charge is 2.22. The molecular weight excluding hydrogens is 311 g/mol. The standard InChI is InChI=1S/C17H13FN4O2/c18-10-1-6-13-14(9-10)20-15(21-17(13)19-11-2-3-11)7-4-12-5-8-16(22-23)24-12/h1,4-9,11H,2-3H2,(H,19,20,21)/b7-4+. The summed E-state index contributed by atoms with van der Waals surface area (Å²) < 4.78 is 18.7. The summed E-state index contributed by atoms with van der Waals surface area (Å²) in [6.45, 7) is 0. The molecule has 1 aromatic carbocycles. The molecule has 7 heteroatoms. The number of rotatable bonds is 5. The van der Waals surface area contributed by atoms with Gasteiger partial charge in [0.25, 0.3) is 5.88 Å². The number of fused-ring (bicyclic) bond motifs is 1. The molecule has 24 heavy (non-hydrogen) atoms. The summed E-state index contributed by atoms with van der Waals surface area (Å²) in [6, 6.07) is 7.97. The Morgan fingerprint density at radius 2 is 2.08 bits per heavy atom. The number of nitroso groups, excluding NO2 is 1. The highest BCUT2D eigenvalue weighted by Crippen LogP contribution is 2.28. The van der Waals surface area contributed by atoms with Crippen LogP contribution in [0, 0.1) is 10.7 Å². The number of benzene rings is 1. The molecule has 4 rings (SSSR count). The van der Waals surface area contributed by atoms with Crippen molar-refractivity contribution >= 4 is 34.8 Å². The SMILES string of the molecule is O=Nc1ccc(/C=C/c2nc(NC3CC3)c3ccc(F)cc3n2)o1. The average molecular weight is 324 g/mol. The lowest BCUT2D eigenvalue weighted by Gasteiger charge is -2.08. The van der Waals surface area contributed by atoms with Crippen LogP contribution in [-0.4, -0.2) is 16.0 Å². The molecule has 2 aromatic heterocycles. The predicted octanol–water partition coefficient (Wildman–Crippen LogP) is 4.50. The molecule has 0 spiro atoms. The zero-order valence-corrected chi connectivity index (χ0v) is 12.6. The van der Waals surface area contributed by atoms with Gasteiger partial charge in [-0.15, -0.1) is 4.91 Å². The van der Waals surface area contributed by atoms with E-state index >= 15 is 0 Å². The Balaban J connectivity index is 1.72. The van der Waals surface area contributed by atoms with Gasteiger partial charge in [0, 0.05) is 28.7 Å². The Morgan fingerprint density at radius 1 is 1.21 bits per heavy atom. The van der Waals surface area contributed by atoms with E-state index < -0.39 is 0 Å². The van der Waals surface area contributed by atoms with Gasteiger partial charge in [-0.25, -0.2) is 14.4 Å². The number of hydrogen-bond donors (Lipinski definition) is 1. The molecule has 6 nitrogen and oxygen atoms in total. The van der Waals surface area contributed by atoms with Gasteiger partial charge < -0.3 is 9.73 Å². The maximum Gasteiger partial charge on any atom is 0.260 e. The van der Waals surface area contributed by atoms with E-state index in [1.807, 2.05) is 0 Å². The lowest BCUT2D eigenvalue weighted by atomic mass is 10.2. The lowest BCUT2D eigenvalue weighted by Crippen LogP contribution is -2.05. The van der Waals surface area contributed by atoms with Crippen molar-refractivity contribution in [1.82, 2.24) is 9.97 Å². The van der Waals surface area contributed by atoms with Crippen molar-refractivity contribution in [2.45, 2.75) is 18.9 Å². The molecule has 0 saturated heterocycles. The Bertz CT molecular complexity index is 947. The topological polar surface area (TPSA) is 80.4 Å². The third-order valence-corrected chi connectivity index (χ3v) is 3.69. The van der Waals surface area contributed by atoms with Crippen LogP contribution in [0.15, 0.2) is 39.9 Å². The first-order valence-electron chi connectivity index (χ1n) is 7.56. The molecule has 1 aliphatic rings. The van der Waals surface area contributed by atoms with Crippen LogP contribution < -0.4 is 5.32 Å². The van der Waals surface area contributed by atoms with Crippen LogP contribution in [0.25, 0.3) is 23.1 Å². The van der Waals surface area contributed by atoms with E-state index in [1.165, 1.54) is 18.2 Å². The smallest absolute Gasteiger partial charge is 0.260 e. The third kappa shape index (κ3) is 3.01. The number of nitrogens with one attached hydrogen (secondary N) is 1. The minimum absolute atomic E-state index is 0.00670. The summed E-state index contributed by atoms with van der Waals surface area (Å²) in [5.74, 6) is 1.24. The summed E-state index contributed by atoms with van der Waals surface area (Å²) in [6.07, 6.45) is 5.49. The summed E-state index contributed by atoms with van der Waals surface area (Å²) in [7, 11) is 0. The molecule has 1 fully saturated rings. The van der Waals surface area contributed by atoms with E-state index in [2.05, 4.69) is 20.5 Å². The van der Waals surface area contributed by atoms with Gasteiger partial charge in [0.1, 0.15) is 17.4 Å². The van der Waals surface area contributed by atoms with E-state index in [9.17, 15) is 9.30 Å². The number of anilines is 1. The molecule has 0 atom stereocenters. The lowest BCUT2D eigenvalue weighted by molar-refractivity contribution is 0.567. The summed E-state index contributed by atoms with van der Waals surface area (Å²) in [5, 5.41) is 6.84. The highest BCUT2D eigenvalue weighted by molar-refractivity contribution is 5.90. The van der Waals surface area contributed by atoms with Gasteiger partial charge in [-0.1, -0.05) is 0 Å². The van der Waals surface area contributed by atoms with Crippen molar-refractivity contribution in [3.63, 3.8) is 0 Å². The molecule has 0 amide bonds. The van der Waals surface area contributed by atoms with Crippen molar-refractivity contribution in [3.8, 4) is 0 Å². The van der Waals surface area contributed by atoms with Gasteiger partial charge >= 0.3 is 0 Å². The Labute approximate surface area is 136 Å². The zero-order chi connectivity index (χ0) is 16.5. The molecule has 1 saturated carbocycles. The number of halogens is 1. The summed E-state index contributed by atoms with van der Waals surface area (Å²) in [5.41, 5.74) is 0.530. The molecule has 1 aliphatic carbocycles. The Morgan fingerprint density at radius 3 is 2.83 bits per heavy atom. The Hall–Kier alpha value is -3.09. The van der Waals surface area contributed by atoms with Gasteiger partial charge in [0.2, 0.25) is 0 Å². The minimum atomic E-state index is -0.346. The molecule has 0 bridgehead atoms. The quantitative estimate of drug-likeness (QED) is 0.699. The first kappa shape index (κ1) is 14.5. The number of hydrogen-bond acceptors (Lipinski definition) is 6. The predicted molar refractivity (Wildman–Crippen MR) is 89.2 cm³/mol. The van der Waals surface area contributed by atoms with Gasteiger partial charge in [-0.3, -0.25) is 0 Å². The van der Waals surface area contributed by atoms with E-state index in [-0.39, 0.29) is 11.7 Å². The van der Waals surface area contributed by atoms with Crippen molar-refractivity contribution in [2.75, 3.05) is 5.32 Å². The van der Waals surface area contributed by atoms with Crippen LogP contribution in [0.4, 0.5) is 16.1 Å². The van der Waals surface area contributed by atoms with Crippen LogP contribution in [0.5, 0.6) is 0 Å². The fourth-order valence-corrected chi connectivity index (χ4v) is 2.36. The molecule has 120 valence electrons. The van der Waals surface area contributed by atoms with Crippen LogP contribution in [0.2, 0.25) is 0 Å². The fraction of sp³-hybridized carbons (Fsp3) is 0.176. The number of furan rings is 1. The molecule has 0 radical (unpaired) electrons. The van der Waals surface area contributed by atoms with E-state index in [1.54, 1.807) is 24.3 Å². The van der Waals surface area contributed by atoms with Crippen LogP contribution in [0.1, 0.15) is 24.4 Å². The largest absolute Gasteiger partial charge is 0.436 e. The van der Waals surface area contributed by atoms with Gasteiger partial charge in [-0.2, -0.15) is 0 Å². The molecule has 0 aliphatic heterocycles. The molecule has 3 aromatic rings. The fourth-order valence-electron chi connectivity index (χ4n) is 2.36. The van der Waals surface area contributed by atoms with Crippen molar-refractivity contribution in [1.29, 1.82) is 0 Å². The maximum absolute atomic E-state index is 13.5. The van der Waals surface area contributed by atoms with Crippen molar-refractivity contribution in [2.24, 2.45) is 5.18 Å². The first-order chi connectivity index (χ1) is 11.7. The second kappa shape index (κ2) is 5.84. The minimum Gasteiger partial charge on any atom is -0.436 e.